The molecule has 2 aromatic rings. The summed E-state index contributed by atoms with van der Waals surface area (Å²) in [4.78, 5) is 19.3. The summed E-state index contributed by atoms with van der Waals surface area (Å²) in [6, 6.07) is 2.35. The molecule has 4 rings (SSSR count). The highest BCUT2D eigenvalue weighted by atomic mass is 32.1. The molecule has 140 valence electrons. The zero-order valence-corrected chi connectivity index (χ0v) is 16.3. The fourth-order valence-electron chi connectivity index (χ4n) is 3.88. The molecule has 1 saturated carbocycles. The monoisotopic (exact) mass is 393 g/mol. The van der Waals surface area contributed by atoms with E-state index < -0.39 is 0 Å². The van der Waals surface area contributed by atoms with Gasteiger partial charge in [0.05, 0.1) is 6.10 Å². The molecule has 26 heavy (non-hydrogen) atoms. The van der Waals surface area contributed by atoms with E-state index >= 15 is 0 Å². The van der Waals surface area contributed by atoms with E-state index in [0.29, 0.717) is 23.1 Å². The topological polar surface area (TPSA) is 79.4 Å². The van der Waals surface area contributed by atoms with E-state index in [-0.39, 0.29) is 12.1 Å². The van der Waals surface area contributed by atoms with Gasteiger partial charge in [0.1, 0.15) is 0 Å². The summed E-state index contributed by atoms with van der Waals surface area (Å²) in [5, 5.41) is 10.5. The number of ether oxygens (including phenoxy) is 1. The minimum absolute atomic E-state index is 0.176. The first-order valence-corrected chi connectivity index (χ1v) is 10.6. The molecule has 9 heteroatoms. The zero-order valence-electron chi connectivity index (χ0n) is 14.7. The van der Waals surface area contributed by atoms with Crippen LogP contribution >= 0.6 is 22.9 Å². The van der Waals surface area contributed by atoms with Crippen molar-refractivity contribution < 1.29 is 9.53 Å². The van der Waals surface area contributed by atoms with Gasteiger partial charge in [0.25, 0.3) is 0 Å². The van der Waals surface area contributed by atoms with Crippen LogP contribution in [0, 0.1) is 0 Å². The summed E-state index contributed by atoms with van der Waals surface area (Å²) < 4.78 is 9.79. The standard InChI is InChI=1S/C17H23N5O2S2/c1-24-12-5-7-22(9-12)14-4-2-3-13(14)18-16(23)20-17-19-15(21-26-17)11-6-8-25-10-11/h6,8,10,12-14H,2-5,7,9H2,1H3,(H2,18,19,20,21,23)/t12?,13-,14+/m0/s1. The van der Waals surface area contributed by atoms with Gasteiger partial charge in [-0.1, -0.05) is 0 Å². The number of carbonyl (C=O) groups is 1. The van der Waals surface area contributed by atoms with Crippen molar-refractivity contribution in [1.29, 1.82) is 0 Å². The maximum absolute atomic E-state index is 12.4. The van der Waals surface area contributed by atoms with Gasteiger partial charge in [-0.2, -0.15) is 20.7 Å². The highest BCUT2D eigenvalue weighted by Crippen LogP contribution is 2.28. The van der Waals surface area contributed by atoms with Crippen LogP contribution < -0.4 is 10.6 Å². The quantitative estimate of drug-likeness (QED) is 0.816. The molecule has 0 spiro atoms. The first-order valence-electron chi connectivity index (χ1n) is 8.93. The molecule has 0 radical (unpaired) electrons. The number of likely N-dealkylation sites (tertiary alicyclic amines) is 1. The number of nitrogens with one attached hydrogen (secondary N) is 2. The molecule has 1 saturated heterocycles. The molecule has 2 fully saturated rings. The van der Waals surface area contributed by atoms with Crippen molar-refractivity contribution in [1.82, 2.24) is 19.6 Å². The number of thiophene rings is 1. The molecule has 2 amide bonds. The van der Waals surface area contributed by atoms with Crippen molar-refractivity contribution >= 4 is 34.0 Å². The molecule has 0 bridgehead atoms. The number of aromatic nitrogens is 2. The van der Waals surface area contributed by atoms with Gasteiger partial charge in [0.15, 0.2) is 5.82 Å². The van der Waals surface area contributed by atoms with E-state index in [1.807, 2.05) is 16.8 Å². The molecule has 0 aromatic carbocycles. The molecular formula is C17H23N5O2S2. The fraction of sp³-hybridized carbons (Fsp3) is 0.588. The number of amides is 2. The first-order chi connectivity index (χ1) is 12.7. The predicted molar refractivity (Wildman–Crippen MR) is 104 cm³/mol. The number of rotatable bonds is 5. The van der Waals surface area contributed by atoms with Gasteiger partial charge in [-0.3, -0.25) is 10.2 Å². The average molecular weight is 394 g/mol. The Balaban J connectivity index is 1.33. The lowest BCUT2D eigenvalue weighted by atomic mass is 10.1. The zero-order chi connectivity index (χ0) is 17.9. The number of hydrogen-bond donors (Lipinski definition) is 2. The number of carbonyl (C=O) groups excluding carboxylic acids is 1. The Bertz CT molecular complexity index is 735. The Hall–Kier alpha value is -1.55. The van der Waals surface area contributed by atoms with Gasteiger partial charge in [0, 0.05) is 54.8 Å². The molecule has 2 aromatic heterocycles. The van der Waals surface area contributed by atoms with Crippen molar-refractivity contribution in [3.8, 4) is 11.4 Å². The van der Waals surface area contributed by atoms with Crippen molar-refractivity contribution in [3.63, 3.8) is 0 Å². The molecule has 2 N–H and O–H groups in total. The summed E-state index contributed by atoms with van der Waals surface area (Å²) in [5.74, 6) is 0.660. The number of urea groups is 1. The van der Waals surface area contributed by atoms with Gasteiger partial charge in [-0.05, 0) is 37.1 Å². The Kier molecular flexibility index (Phi) is 5.49. The van der Waals surface area contributed by atoms with Crippen LogP contribution in [0.15, 0.2) is 16.8 Å². The second-order valence-electron chi connectivity index (χ2n) is 6.78. The normalized spacial score (nSPS) is 26.3. The summed E-state index contributed by atoms with van der Waals surface area (Å²) in [6.07, 6.45) is 4.68. The molecule has 1 unspecified atom stereocenters. The third-order valence-electron chi connectivity index (χ3n) is 5.20. The van der Waals surface area contributed by atoms with Crippen molar-refractivity contribution in [2.45, 2.75) is 43.9 Å². The van der Waals surface area contributed by atoms with Crippen molar-refractivity contribution in [2.75, 3.05) is 25.5 Å². The molecular weight excluding hydrogens is 370 g/mol. The Labute approximate surface area is 160 Å². The van der Waals surface area contributed by atoms with Crippen LogP contribution in [0.2, 0.25) is 0 Å². The minimum Gasteiger partial charge on any atom is -0.380 e. The van der Waals surface area contributed by atoms with E-state index in [1.54, 1.807) is 18.4 Å². The number of anilines is 1. The first kappa shape index (κ1) is 17.8. The van der Waals surface area contributed by atoms with Crippen LogP contribution in [0.3, 0.4) is 0 Å². The Morgan fingerprint density at radius 2 is 2.31 bits per heavy atom. The molecule has 3 heterocycles. The number of nitrogens with zero attached hydrogens (tertiary/aromatic N) is 3. The van der Waals surface area contributed by atoms with E-state index in [0.717, 1.165) is 44.3 Å². The van der Waals surface area contributed by atoms with Crippen LogP contribution in [-0.2, 0) is 4.74 Å². The Morgan fingerprint density at radius 1 is 1.38 bits per heavy atom. The van der Waals surface area contributed by atoms with E-state index in [4.69, 9.17) is 4.74 Å². The summed E-state index contributed by atoms with van der Waals surface area (Å²) in [5.41, 5.74) is 0.984. The highest BCUT2D eigenvalue weighted by molar-refractivity contribution is 7.10. The molecule has 2 aliphatic rings. The smallest absolute Gasteiger partial charge is 0.321 e. The SMILES string of the molecule is COC1CCN([C@@H]2CCC[C@@H]2NC(=O)Nc2nc(-c3ccsc3)ns2)C1. The van der Waals surface area contributed by atoms with Crippen LogP contribution in [0.25, 0.3) is 11.4 Å². The maximum Gasteiger partial charge on any atom is 0.321 e. The van der Waals surface area contributed by atoms with E-state index in [2.05, 4.69) is 24.9 Å². The average Bonchev–Trinajstić information content (AvgIpc) is 3.41. The lowest BCUT2D eigenvalue weighted by Gasteiger charge is -2.29. The highest BCUT2D eigenvalue weighted by Gasteiger charge is 2.36. The molecule has 3 atom stereocenters. The number of hydrogen-bond acceptors (Lipinski definition) is 7. The molecule has 7 nitrogen and oxygen atoms in total. The number of methoxy groups -OCH3 is 1. The largest absolute Gasteiger partial charge is 0.380 e. The third kappa shape index (κ3) is 3.90. The van der Waals surface area contributed by atoms with Crippen LogP contribution in [0.5, 0.6) is 0 Å². The third-order valence-corrected chi connectivity index (χ3v) is 6.51. The van der Waals surface area contributed by atoms with Crippen LogP contribution in [-0.4, -0.2) is 58.7 Å². The summed E-state index contributed by atoms with van der Waals surface area (Å²) in [6.45, 7) is 2.00. The van der Waals surface area contributed by atoms with E-state index in [9.17, 15) is 4.79 Å². The van der Waals surface area contributed by atoms with Gasteiger partial charge >= 0.3 is 6.03 Å². The second kappa shape index (κ2) is 7.99. The van der Waals surface area contributed by atoms with Crippen molar-refractivity contribution in [2.24, 2.45) is 0 Å². The van der Waals surface area contributed by atoms with Crippen molar-refractivity contribution in [3.05, 3.63) is 16.8 Å². The van der Waals surface area contributed by atoms with Gasteiger partial charge in [0.2, 0.25) is 5.13 Å². The maximum atomic E-state index is 12.4. The van der Waals surface area contributed by atoms with Crippen LogP contribution in [0.4, 0.5) is 9.93 Å². The predicted octanol–water partition coefficient (Wildman–Crippen LogP) is 3.03. The lowest BCUT2D eigenvalue weighted by molar-refractivity contribution is 0.0985. The second-order valence-corrected chi connectivity index (χ2v) is 8.31. The van der Waals surface area contributed by atoms with Gasteiger partial charge in [-0.25, -0.2) is 4.79 Å². The fourth-order valence-corrected chi connectivity index (χ4v) is 5.10. The summed E-state index contributed by atoms with van der Waals surface area (Å²) in [7, 11) is 1.78. The lowest BCUT2D eigenvalue weighted by Crippen LogP contribution is -2.49. The molecule has 1 aliphatic carbocycles. The van der Waals surface area contributed by atoms with Gasteiger partial charge in [-0.15, -0.1) is 0 Å². The minimum atomic E-state index is -0.197. The summed E-state index contributed by atoms with van der Waals surface area (Å²) >= 11 is 2.81. The van der Waals surface area contributed by atoms with Crippen LogP contribution in [0.1, 0.15) is 25.7 Å². The van der Waals surface area contributed by atoms with Gasteiger partial charge < -0.3 is 10.1 Å². The molecule has 1 aliphatic heterocycles. The Morgan fingerprint density at radius 3 is 3.08 bits per heavy atom. The van der Waals surface area contributed by atoms with E-state index in [1.165, 1.54) is 11.5 Å².